The average Bonchev–Trinajstić information content (AvgIpc) is 3.11. The van der Waals surface area contributed by atoms with E-state index in [9.17, 15) is 22.0 Å². The van der Waals surface area contributed by atoms with E-state index in [1.165, 1.54) is 12.1 Å². The number of aromatic nitrogens is 4. The minimum Gasteiger partial charge on any atom is -0.324 e. The zero-order chi connectivity index (χ0) is 19.4. The van der Waals surface area contributed by atoms with Gasteiger partial charge in [0, 0.05) is 11.3 Å². The summed E-state index contributed by atoms with van der Waals surface area (Å²) in [5, 5.41) is 14.3. The van der Waals surface area contributed by atoms with Gasteiger partial charge in [0.2, 0.25) is 21.6 Å². The second-order valence-corrected chi connectivity index (χ2v) is 7.31. The van der Waals surface area contributed by atoms with Gasteiger partial charge in [0.25, 0.3) is 0 Å². The summed E-state index contributed by atoms with van der Waals surface area (Å²) in [5.41, 5.74) is 0.997. The van der Waals surface area contributed by atoms with E-state index in [1.54, 1.807) is 12.1 Å². The number of tetrazole rings is 1. The van der Waals surface area contributed by atoms with Crippen LogP contribution in [0.4, 0.5) is 14.5 Å². The first-order valence-electron chi connectivity index (χ1n) is 7.61. The van der Waals surface area contributed by atoms with E-state index in [1.807, 2.05) is 18.2 Å². The van der Waals surface area contributed by atoms with E-state index < -0.39 is 26.4 Å². The van der Waals surface area contributed by atoms with Crippen molar-refractivity contribution < 1.29 is 22.0 Å². The minimum atomic E-state index is -4.67. The number of nitrogens with zero attached hydrogens (tertiary/aromatic N) is 4. The Morgan fingerprint density at radius 3 is 2.37 bits per heavy atom. The first kappa shape index (κ1) is 18.6. The highest BCUT2D eigenvalue weighted by Crippen LogP contribution is 2.20. The van der Waals surface area contributed by atoms with Crippen molar-refractivity contribution in [2.24, 2.45) is 0 Å². The number of amides is 1. The third-order valence-corrected chi connectivity index (χ3v) is 4.87. The number of carbonyl (C=O) groups is 1. The molecular weight excluding hydrogens is 380 g/mol. The van der Waals surface area contributed by atoms with E-state index in [2.05, 4.69) is 20.7 Å². The van der Waals surface area contributed by atoms with Crippen molar-refractivity contribution in [3.63, 3.8) is 0 Å². The molecule has 0 unspecified atom stereocenters. The third-order valence-electron chi connectivity index (χ3n) is 3.47. The fraction of sp³-hybridized carbons (Fsp3) is 0.125. The minimum absolute atomic E-state index is 0.225. The summed E-state index contributed by atoms with van der Waals surface area (Å²) in [6.45, 7) is -0.225. The topological polar surface area (TPSA) is 107 Å². The lowest BCUT2D eigenvalue weighted by Crippen LogP contribution is -2.20. The van der Waals surface area contributed by atoms with E-state index in [4.69, 9.17) is 0 Å². The lowest BCUT2D eigenvalue weighted by atomic mass is 10.2. The van der Waals surface area contributed by atoms with Crippen molar-refractivity contribution in [3.8, 4) is 11.4 Å². The van der Waals surface area contributed by atoms with Crippen LogP contribution in [-0.2, 0) is 21.2 Å². The van der Waals surface area contributed by atoms with Crippen LogP contribution in [0.5, 0.6) is 0 Å². The Bertz CT molecular complexity index is 1040. The van der Waals surface area contributed by atoms with Crippen LogP contribution in [0.25, 0.3) is 11.4 Å². The van der Waals surface area contributed by atoms with Gasteiger partial charge in [-0.25, -0.2) is 8.42 Å². The Morgan fingerprint density at radius 1 is 1.07 bits per heavy atom. The molecule has 1 amide bonds. The van der Waals surface area contributed by atoms with Gasteiger partial charge in [0.05, 0.1) is 4.90 Å². The number of hydrogen-bond donors (Lipinski definition) is 1. The summed E-state index contributed by atoms with van der Waals surface area (Å²) in [6.07, 6.45) is 0. The second-order valence-electron chi connectivity index (χ2n) is 5.39. The highest BCUT2D eigenvalue weighted by Gasteiger charge is 2.26. The molecule has 8 nitrogen and oxygen atoms in total. The average molecular weight is 393 g/mol. The molecule has 1 N–H and O–H groups in total. The van der Waals surface area contributed by atoms with Gasteiger partial charge >= 0.3 is 5.76 Å². The molecule has 1 heterocycles. The van der Waals surface area contributed by atoms with Crippen molar-refractivity contribution in [3.05, 3.63) is 54.6 Å². The molecule has 3 rings (SSSR count). The highest BCUT2D eigenvalue weighted by molar-refractivity contribution is 7.91. The lowest BCUT2D eigenvalue weighted by molar-refractivity contribution is -0.117. The maximum absolute atomic E-state index is 12.5. The fourth-order valence-corrected chi connectivity index (χ4v) is 2.89. The Kier molecular flexibility index (Phi) is 5.21. The third kappa shape index (κ3) is 4.31. The molecule has 0 fully saturated rings. The SMILES string of the molecule is O=C(Cn1nnc(-c2ccccc2)n1)Nc1ccc(S(=O)(=O)C(F)F)cc1. The van der Waals surface area contributed by atoms with Crippen molar-refractivity contribution >= 4 is 21.4 Å². The number of halogens is 2. The number of hydrogen-bond acceptors (Lipinski definition) is 6. The number of carbonyl (C=O) groups excluding carboxylic acids is 1. The number of alkyl halides is 2. The number of benzene rings is 2. The standard InChI is InChI=1S/C16H13F2N5O3S/c17-16(18)27(25,26)13-8-6-12(7-9-13)19-14(24)10-23-21-15(20-22-23)11-4-2-1-3-5-11/h1-9,16H,10H2,(H,19,24). The summed E-state index contributed by atoms with van der Waals surface area (Å²) in [6, 6.07) is 13.5. The van der Waals surface area contributed by atoms with Crippen LogP contribution in [0, 0.1) is 0 Å². The van der Waals surface area contributed by atoms with Gasteiger partial charge in [-0.2, -0.15) is 13.6 Å². The Labute approximate surface area is 152 Å². The molecule has 0 aliphatic rings. The number of sulfone groups is 1. The number of rotatable bonds is 6. The maximum atomic E-state index is 12.5. The molecule has 0 atom stereocenters. The van der Waals surface area contributed by atoms with Crippen molar-refractivity contribution in [1.29, 1.82) is 0 Å². The van der Waals surface area contributed by atoms with Gasteiger partial charge in [-0.3, -0.25) is 4.79 Å². The van der Waals surface area contributed by atoms with Crippen LogP contribution in [0.1, 0.15) is 0 Å². The maximum Gasteiger partial charge on any atom is 0.341 e. The van der Waals surface area contributed by atoms with Crippen LogP contribution in [0.15, 0.2) is 59.5 Å². The van der Waals surface area contributed by atoms with Crippen LogP contribution < -0.4 is 5.32 Å². The molecule has 0 radical (unpaired) electrons. The van der Waals surface area contributed by atoms with Gasteiger partial charge in [-0.15, -0.1) is 10.2 Å². The molecule has 140 valence electrons. The summed E-state index contributed by atoms with van der Waals surface area (Å²) >= 11 is 0. The Balaban J connectivity index is 1.64. The van der Waals surface area contributed by atoms with Gasteiger partial charge in [0.1, 0.15) is 6.54 Å². The predicted octanol–water partition coefficient (Wildman–Crippen LogP) is 1.98. The molecule has 0 bridgehead atoms. The molecule has 27 heavy (non-hydrogen) atoms. The Hall–Kier alpha value is -3.21. The molecule has 0 saturated carbocycles. The van der Waals surface area contributed by atoms with E-state index in [0.29, 0.717) is 5.82 Å². The summed E-state index contributed by atoms with van der Waals surface area (Å²) in [5.74, 6) is -3.63. The molecule has 0 saturated heterocycles. The molecule has 1 aromatic heterocycles. The summed E-state index contributed by atoms with van der Waals surface area (Å²) in [4.78, 5) is 12.6. The molecule has 0 aliphatic carbocycles. The molecule has 3 aromatic rings. The first-order valence-corrected chi connectivity index (χ1v) is 9.16. The largest absolute Gasteiger partial charge is 0.341 e. The van der Waals surface area contributed by atoms with Gasteiger partial charge in [0.15, 0.2) is 0 Å². The zero-order valence-corrected chi connectivity index (χ0v) is 14.5. The van der Waals surface area contributed by atoms with Crippen LogP contribution in [0.3, 0.4) is 0 Å². The molecule has 11 heteroatoms. The van der Waals surface area contributed by atoms with Crippen molar-refractivity contribution in [2.45, 2.75) is 17.2 Å². The van der Waals surface area contributed by atoms with Crippen LogP contribution >= 0.6 is 0 Å². The number of anilines is 1. The van der Waals surface area contributed by atoms with Crippen molar-refractivity contribution in [1.82, 2.24) is 20.2 Å². The zero-order valence-electron chi connectivity index (χ0n) is 13.7. The van der Waals surface area contributed by atoms with Crippen molar-refractivity contribution in [2.75, 3.05) is 5.32 Å². The first-order chi connectivity index (χ1) is 12.9. The summed E-state index contributed by atoms with van der Waals surface area (Å²) in [7, 11) is -4.67. The van der Waals surface area contributed by atoms with E-state index in [0.717, 1.165) is 22.5 Å². The predicted molar refractivity (Wildman–Crippen MR) is 91.5 cm³/mol. The van der Waals surface area contributed by atoms with Crippen LogP contribution in [0.2, 0.25) is 0 Å². The smallest absolute Gasteiger partial charge is 0.324 e. The van der Waals surface area contributed by atoms with E-state index >= 15 is 0 Å². The lowest BCUT2D eigenvalue weighted by Gasteiger charge is -2.06. The number of nitrogens with one attached hydrogen (secondary N) is 1. The molecule has 2 aromatic carbocycles. The van der Waals surface area contributed by atoms with Gasteiger partial charge < -0.3 is 5.32 Å². The van der Waals surface area contributed by atoms with Gasteiger partial charge in [-0.1, -0.05) is 30.3 Å². The molecule has 0 spiro atoms. The normalized spacial score (nSPS) is 11.5. The monoisotopic (exact) mass is 393 g/mol. The fourth-order valence-electron chi connectivity index (χ4n) is 2.17. The summed E-state index contributed by atoms with van der Waals surface area (Å²) < 4.78 is 47.7. The highest BCUT2D eigenvalue weighted by atomic mass is 32.2. The van der Waals surface area contributed by atoms with Crippen LogP contribution in [-0.4, -0.2) is 40.3 Å². The molecular formula is C16H13F2N5O3S. The Morgan fingerprint density at radius 2 is 1.74 bits per heavy atom. The van der Waals surface area contributed by atoms with E-state index in [-0.39, 0.29) is 12.2 Å². The molecule has 0 aliphatic heterocycles. The quantitative estimate of drug-likeness (QED) is 0.686. The van der Waals surface area contributed by atoms with Gasteiger partial charge in [-0.05, 0) is 29.5 Å². The second kappa shape index (κ2) is 7.58.